The third kappa shape index (κ3) is 4.64. The standard InChI is InChI=1S/C9H18N4O2/c1-13(7-2-3-7)8(14)6-11-4-5-12-9(10)15/h7,11H,2-6H2,1H3,(H3,10,12,15). The molecule has 86 valence electrons. The van der Waals surface area contributed by atoms with E-state index in [0.29, 0.717) is 25.7 Å². The molecule has 0 spiro atoms. The maximum atomic E-state index is 11.5. The molecule has 1 fully saturated rings. The number of rotatable bonds is 6. The second-order valence-corrected chi connectivity index (χ2v) is 3.70. The van der Waals surface area contributed by atoms with Crippen molar-refractivity contribution < 1.29 is 9.59 Å². The van der Waals surface area contributed by atoms with Crippen molar-refractivity contribution in [2.45, 2.75) is 18.9 Å². The summed E-state index contributed by atoms with van der Waals surface area (Å²) in [6.07, 6.45) is 2.23. The first kappa shape index (κ1) is 11.8. The van der Waals surface area contributed by atoms with Crippen LogP contribution in [0.15, 0.2) is 0 Å². The highest BCUT2D eigenvalue weighted by atomic mass is 16.2. The predicted octanol–water partition coefficient (Wildman–Crippen LogP) is -1.13. The fourth-order valence-corrected chi connectivity index (χ4v) is 1.26. The van der Waals surface area contributed by atoms with Crippen LogP contribution >= 0.6 is 0 Å². The Kier molecular flexibility index (Phi) is 4.36. The van der Waals surface area contributed by atoms with E-state index < -0.39 is 6.03 Å². The Morgan fingerprint density at radius 1 is 1.40 bits per heavy atom. The van der Waals surface area contributed by atoms with E-state index in [9.17, 15) is 9.59 Å². The molecule has 3 amide bonds. The van der Waals surface area contributed by atoms with Crippen molar-refractivity contribution in [3.05, 3.63) is 0 Å². The number of hydrogen-bond acceptors (Lipinski definition) is 3. The Morgan fingerprint density at radius 2 is 2.07 bits per heavy atom. The number of hydrogen-bond donors (Lipinski definition) is 3. The molecule has 0 saturated heterocycles. The molecule has 0 aromatic heterocycles. The number of likely N-dealkylation sites (N-methyl/N-ethyl adjacent to an activating group) is 1. The van der Waals surface area contributed by atoms with Crippen LogP contribution in [0.3, 0.4) is 0 Å². The Labute approximate surface area is 89.2 Å². The summed E-state index contributed by atoms with van der Waals surface area (Å²) in [5.74, 6) is 0.0941. The molecule has 0 unspecified atom stereocenters. The van der Waals surface area contributed by atoms with Crippen LogP contribution in [0.5, 0.6) is 0 Å². The van der Waals surface area contributed by atoms with E-state index in [0.717, 1.165) is 12.8 Å². The number of urea groups is 1. The molecule has 1 saturated carbocycles. The van der Waals surface area contributed by atoms with E-state index in [4.69, 9.17) is 5.73 Å². The fourth-order valence-electron chi connectivity index (χ4n) is 1.26. The Morgan fingerprint density at radius 3 is 2.60 bits per heavy atom. The summed E-state index contributed by atoms with van der Waals surface area (Å²) in [7, 11) is 1.82. The molecule has 0 aromatic carbocycles. The average molecular weight is 214 g/mol. The minimum Gasteiger partial charge on any atom is -0.352 e. The van der Waals surface area contributed by atoms with Gasteiger partial charge in [-0.1, -0.05) is 0 Å². The van der Waals surface area contributed by atoms with Crippen molar-refractivity contribution in [3.63, 3.8) is 0 Å². The number of nitrogens with two attached hydrogens (primary N) is 1. The van der Waals surface area contributed by atoms with Crippen LogP contribution in [0.4, 0.5) is 4.79 Å². The van der Waals surface area contributed by atoms with Gasteiger partial charge in [0.05, 0.1) is 6.54 Å². The minimum atomic E-state index is -0.543. The van der Waals surface area contributed by atoms with Crippen LogP contribution in [-0.4, -0.2) is 49.6 Å². The zero-order chi connectivity index (χ0) is 11.3. The summed E-state index contributed by atoms with van der Waals surface area (Å²) in [6, 6.07) is -0.0960. The smallest absolute Gasteiger partial charge is 0.312 e. The Bertz CT molecular complexity index is 240. The van der Waals surface area contributed by atoms with Crippen molar-refractivity contribution in [1.29, 1.82) is 0 Å². The van der Waals surface area contributed by atoms with Gasteiger partial charge in [0.25, 0.3) is 0 Å². The van der Waals surface area contributed by atoms with Crippen LogP contribution in [0.1, 0.15) is 12.8 Å². The molecule has 0 heterocycles. The summed E-state index contributed by atoms with van der Waals surface area (Å²) in [5, 5.41) is 5.38. The fraction of sp³-hybridized carbons (Fsp3) is 0.778. The SMILES string of the molecule is CN(C(=O)CNCCNC(N)=O)C1CC1. The molecule has 4 N–H and O–H groups in total. The maximum absolute atomic E-state index is 11.5. The lowest BCUT2D eigenvalue weighted by atomic mass is 10.4. The maximum Gasteiger partial charge on any atom is 0.312 e. The first-order valence-corrected chi connectivity index (χ1v) is 5.11. The number of amides is 3. The lowest BCUT2D eigenvalue weighted by Gasteiger charge is -2.16. The Balaban J connectivity index is 1.99. The van der Waals surface area contributed by atoms with Gasteiger partial charge in [-0.15, -0.1) is 0 Å². The molecule has 0 bridgehead atoms. The largest absolute Gasteiger partial charge is 0.352 e. The van der Waals surface area contributed by atoms with Crippen molar-refractivity contribution in [2.75, 3.05) is 26.7 Å². The van der Waals surface area contributed by atoms with Gasteiger partial charge in [-0.25, -0.2) is 4.79 Å². The molecular formula is C9H18N4O2. The molecule has 0 aromatic rings. The second kappa shape index (κ2) is 5.55. The van der Waals surface area contributed by atoms with E-state index in [1.165, 1.54) is 0 Å². The number of carbonyl (C=O) groups is 2. The first-order valence-electron chi connectivity index (χ1n) is 5.11. The van der Waals surface area contributed by atoms with Gasteiger partial charge in [0, 0.05) is 26.2 Å². The third-order valence-electron chi connectivity index (χ3n) is 2.37. The highest BCUT2D eigenvalue weighted by molar-refractivity contribution is 5.78. The van der Waals surface area contributed by atoms with E-state index in [-0.39, 0.29) is 5.91 Å². The van der Waals surface area contributed by atoms with Gasteiger partial charge < -0.3 is 21.3 Å². The average Bonchev–Trinajstić information content (AvgIpc) is 2.98. The van der Waals surface area contributed by atoms with Gasteiger partial charge in [-0.05, 0) is 12.8 Å². The van der Waals surface area contributed by atoms with Crippen LogP contribution < -0.4 is 16.4 Å². The van der Waals surface area contributed by atoms with E-state index in [2.05, 4.69) is 10.6 Å². The normalized spacial score (nSPS) is 14.7. The molecule has 0 radical (unpaired) electrons. The van der Waals surface area contributed by atoms with Crippen LogP contribution in [0, 0.1) is 0 Å². The monoisotopic (exact) mass is 214 g/mol. The van der Waals surface area contributed by atoms with E-state index in [1.807, 2.05) is 7.05 Å². The van der Waals surface area contributed by atoms with Crippen molar-refractivity contribution in [3.8, 4) is 0 Å². The van der Waals surface area contributed by atoms with Gasteiger partial charge in [0.1, 0.15) is 0 Å². The molecule has 6 nitrogen and oxygen atoms in total. The molecule has 6 heteroatoms. The molecule has 0 atom stereocenters. The van der Waals surface area contributed by atoms with Gasteiger partial charge in [-0.3, -0.25) is 4.79 Å². The van der Waals surface area contributed by atoms with Crippen LogP contribution in [-0.2, 0) is 4.79 Å². The zero-order valence-electron chi connectivity index (χ0n) is 8.95. The van der Waals surface area contributed by atoms with Crippen molar-refractivity contribution in [1.82, 2.24) is 15.5 Å². The summed E-state index contributed by atoms with van der Waals surface area (Å²) < 4.78 is 0. The number of primary amides is 1. The van der Waals surface area contributed by atoms with E-state index in [1.54, 1.807) is 4.90 Å². The summed E-state index contributed by atoms with van der Waals surface area (Å²) in [5.41, 5.74) is 4.88. The van der Waals surface area contributed by atoms with Crippen LogP contribution in [0.25, 0.3) is 0 Å². The topological polar surface area (TPSA) is 87.5 Å². The van der Waals surface area contributed by atoms with Crippen molar-refractivity contribution in [2.24, 2.45) is 5.73 Å². The molecule has 1 aliphatic rings. The Hall–Kier alpha value is -1.30. The van der Waals surface area contributed by atoms with Crippen molar-refractivity contribution >= 4 is 11.9 Å². The number of carbonyl (C=O) groups excluding carboxylic acids is 2. The van der Waals surface area contributed by atoms with Gasteiger partial charge in [0.2, 0.25) is 5.91 Å². The lowest BCUT2D eigenvalue weighted by molar-refractivity contribution is -0.129. The molecule has 1 aliphatic carbocycles. The summed E-state index contributed by atoms with van der Waals surface area (Å²) >= 11 is 0. The predicted molar refractivity (Wildman–Crippen MR) is 56.2 cm³/mol. The lowest BCUT2D eigenvalue weighted by Crippen LogP contribution is -2.40. The zero-order valence-corrected chi connectivity index (χ0v) is 8.95. The molecule has 0 aliphatic heterocycles. The third-order valence-corrected chi connectivity index (χ3v) is 2.37. The van der Waals surface area contributed by atoms with Crippen LogP contribution in [0.2, 0.25) is 0 Å². The van der Waals surface area contributed by atoms with E-state index >= 15 is 0 Å². The second-order valence-electron chi connectivity index (χ2n) is 3.70. The van der Waals surface area contributed by atoms with Gasteiger partial charge in [-0.2, -0.15) is 0 Å². The number of nitrogens with zero attached hydrogens (tertiary/aromatic N) is 1. The minimum absolute atomic E-state index is 0.0941. The molecule has 15 heavy (non-hydrogen) atoms. The molecule has 1 rings (SSSR count). The summed E-state index contributed by atoms with van der Waals surface area (Å²) in [4.78, 5) is 23.6. The van der Waals surface area contributed by atoms with Gasteiger partial charge >= 0.3 is 6.03 Å². The number of nitrogens with one attached hydrogen (secondary N) is 2. The highest BCUT2D eigenvalue weighted by Gasteiger charge is 2.28. The highest BCUT2D eigenvalue weighted by Crippen LogP contribution is 2.24. The van der Waals surface area contributed by atoms with Gasteiger partial charge in [0.15, 0.2) is 0 Å². The quantitative estimate of drug-likeness (QED) is 0.489. The first-order chi connectivity index (χ1) is 7.11. The molecular weight excluding hydrogens is 196 g/mol. The summed E-state index contributed by atoms with van der Waals surface area (Å²) in [6.45, 7) is 1.30.